The molecule has 1 heterocycles. The van der Waals surface area contributed by atoms with Crippen LogP contribution in [0, 0.1) is 0 Å². The minimum atomic E-state index is -1.73. The van der Waals surface area contributed by atoms with Crippen molar-refractivity contribution in [3.63, 3.8) is 0 Å². The van der Waals surface area contributed by atoms with Crippen molar-refractivity contribution in [3.05, 3.63) is 10.7 Å². The van der Waals surface area contributed by atoms with Crippen molar-refractivity contribution in [1.29, 1.82) is 0 Å². The summed E-state index contributed by atoms with van der Waals surface area (Å²) in [6.45, 7) is 4.26. The number of carboxylic acids is 1. The first kappa shape index (κ1) is 22.2. The Kier molecular flexibility index (Phi) is 10.4. The Hall–Kier alpha value is -0.820. The average molecular weight is 391 g/mol. The summed E-state index contributed by atoms with van der Waals surface area (Å²) in [5, 5.41) is 19.7. The van der Waals surface area contributed by atoms with E-state index in [1.54, 1.807) is 0 Å². The standard InChI is InChI=1S/C18H30O5S2/c1-3-5-7-9-11-24-13-18(17(21)22)15(14(19)16(20)23-18)25-12-10-8-6-4-2/h19H,3-13H2,1-2H3,(H,21,22). The molecule has 0 radical (unpaired) electrons. The minimum Gasteiger partial charge on any atom is -0.501 e. The van der Waals surface area contributed by atoms with E-state index in [1.807, 2.05) is 0 Å². The number of cyclic esters (lactones) is 1. The van der Waals surface area contributed by atoms with Gasteiger partial charge in [-0.15, -0.1) is 11.8 Å². The summed E-state index contributed by atoms with van der Waals surface area (Å²) in [5.74, 6) is -1.03. The zero-order valence-corrected chi connectivity index (χ0v) is 16.8. The number of aliphatic hydroxyl groups is 1. The summed E-state index contributed by atoms with van der Waals surface area (Å²) in [6, 6.07) is 0. The van der Waals surface area contributed by atoms with Crippen LogP contribution in [0.25, 0.3) is 0 Å². The van der Waals surface area contributed by atoms with Crippen LogP contribution in [0.3, 0.4) is 0 Å². The predicted octanol–water partition coefficient (Wildman–Crippen LogP) is 4.76. The molecule has 1 rings (SSSR count). The van der Waals surface area contributed by atoms with Gasteiger partial charge in [-0.1, -0.05) is 52.4 Å². The molecule has 0 aromatic carbocycles. The van der Waals surface area contributed by atoms with Gasteiger partial charge >= 0.3 is 11.9 Å². The Labute approximate surface area is 159 Å². The second kappa shape index (κ2) is 11.7. The Bertz CT molecular complexity index is 478. The van der Waals surface area contributed by atoms with E-state index in [4.69, 9.17) is 4.74 Å². The van der Waals surface area contributed by atoms with E-state index in [9.17, 15) is 19.8 Å². The van der Waals surface area contributed by atoms with E-state index in [2.05, 4.69) is 13.8 Å². The van der Waals surface area contributed by atoms with Crippen LogP contribution in [0.1, 0.15) is 65.2 Å². The van der Waals surface area contributed by atoms with Gasteiger partial charge in [-0.2, -0.15) is 11.8 Å². The second-order valence-electron chi connectivity index (χ2n) is 6.22. The van der Waals surface area contributed by atoms with Gasteiger partial charge in [0.05, 0.1) is 4.91 Å². The minimum absolute atomic E-state index is 0.140. The molecule has 1 unspecified atom stereocenters. The monoisotopic (exact) mass is 390 g/mol. The Morgan fingerprint density at radius 1 is 1.04 bits per heavy atom. The van der Waals surface area contributed by atoms with Gasteiger partial charge in [0.2, 0.25) is 5.76 Å². The number of esters is 1. The van der Waals surface area contributed by atoms with Crippen molar-refractivity contribution in [2.75, 3.05) is 17.3 Å². The molecule has 1 aliphatic heterocycles. The third-order valence-electron chi connectivity index (χ3n) is 4.08. The van der Waals surface area contributed by atoms with Gasteiger partial charge < -0.3 is 14.9 Å². The highest BCUT2D eigenvalue weighted by molar-refractivity contribution is 8.03. The molecule has 0 fully saturated rings. The number of aliphatic hydroxyl groups excluding tert-OH is 1. The molecule has 2 N–H and O–H groups in total. The molecule has 0 bridgehead atoms. The molecular formula is C18H30O5S2. The molecule has 1 atom stereocenters. The fraction of sp³-hybridized carbons (Fsp3) is 0.778. The zero-order valence-electron chi connectivity index (χ0n) is 15.2. The van der Waals surface area contributed by atoms with Crippen LogP contribution in [0.15, 0.2) is 10.7 Å². The third-order valence-corrected chi connectivity index (χ3v) is 6.57. The first-order valence-corrected chi connectivity index (χ1v) is 11.2. The number of carbonyl (C=O) groups is 2. The SMILES string of the molecule is CCCCCCSCC1(C(=O)O)OC(=O)C(O)=C1SCCCCCC. The molecule has 0 aromatic heterocycles. The van der Waals surface area contributed by atoms with Gasteiger partial charge in [0.15, 0.2) is 0 Å². The molecular weight excluding hydrogens is 360 g/mol. The summed E-state index contributed by atoms with van der Waals surface area (Å²) < 4.78 is 5.14. The van der Waals surface area contributed by atoms with Crippen molar-refractivity contribution in [1.82, 2.24) is 0 Å². The van der Waals surface area contributed by atoms with E-state index in [-0.39, 0.29) is 10.7 Å². The maximum atomic E-state index is 11.9. The molecule has 7 heteroatoms. The lowest BCUT2D eigenvalue weighted by atomic mass is 10.1. The molecule has 0 aliphatic carbocycles. The first-order chi connectivity index (χ1) is 12.0. The quantitative estimate of drug-likeness (QED) is 0.327. The number of hydrogen-bond donors (Lipinski definition) is 2. The van der Waals surface area contributed by atoms with Crippen LogP contribution in [0.5, 0.6) is 0 Å². The van der Waals surface area contributed by atoms with E-state index >= 15 is 0 Å². The number of carboxylic acid groups (broad SMARTS) is 1. The number of hydrogen-bond acceptors (Lipinski definition) is 6. The number of aliphatic carboxylic acids is 1. The average Bonchev–Trinajstić information content (AvgIpc) is 2.83. The van der Waals surface area contributed by atoms with Crippen molar-refractivity contribution in [3.8, 4) is 0 Å². The van der Waals surface area contributed by atoms with Gasteiger partial charge in [0.1, 0.15) is 0 Å². The maximum absolute atomic E-state index is 11.9. The smallest absolute Gasteiger partial charge is 0.375 e. The molecule has 5 nitrogen and oxygen atoms in total. The van der Waals surface area contributed by atoms with Gasteiger partial charge in [-0.3, -0.25) is 0 Å². The van der Waals surface area contributed by atoms with Gasteiger partial charge in [0, 0.05) is 5.75 Å². The topological polar surface area (TPSA) is 83.8 Å². The number of rotatable bonds is 14. The summed E-state index contributed by atoms with van der Waals surface area (Å²) in [7, 11) is 0. The molecule has 144 valence electrons. The third kappa shape index (κ3) is 6.44. The highest BCUT2D eigenvalue weighted by Gasteiger charge is 2.54. The first-order valence-electron chi connectivity index (χ1n) is 9.10. The fourth-order valence-corrected chi connectivity index (χ4v) is 5.03. The molecule has 1 aliphatic rings. The Morgan fingerprint density at radius 2 is 1.64 bits per heavy atom. The largest absolute Gasteiger partial charge is 0.501 e. The van der Waals surface area contributed by atoms with Crippen LogP contribution >= 0.6 is 23.5 Å². The maximum Gasteiger partial charge on any atom is 0.375 e. The predicted molar refractivity (Wildman–Crippen MR) is 104 cm³/mol. The lowest BCUT2D eigenvalue weighted by molar-refractivity contribution is -0.165. The van der Waals surface area contributed by atoms with Crippen LogP contribution in [0.4, 0.5) is 0 Å². The van der Waals surface area contributed by atoms with Gasteiger partial charge in [-0.05, 0) is 24.3 Å². The Balaban J connectivity index is 2.67. The highest BCUT2D eigenvalue weighted by atomic mass is 32.2. The molecule has 0 saturated heterocycles. The van der Waals surface area contributed by atoms with Crippen molar-refractivity contribution < 1.29 is 24.5 Å². The van der Waals surface area contributed by atoms with E-state index in [1.165, 1.54) is 29.9 Å². The number of ether oxygens (including phenoxy) is 1. The number of unbranched alkanes of at least 4 members (excludes halogenated alkanes) is 6. The van der Waals surface area contributed by atoms with E-state index in [0.29, 0.717) is 5.75 Å². The molecule has 0 amide bonds. The van der Waals surface area contributed by atoms with E-state index in [0.717, 1.165) is 50.7 Å². The van der Waals surface area contributed by atoms with Crippen LogP contribution in [-0.4, -0.2) is 45.0 Å². The number of thioether (sulfide) groups is 2. The molecule has 25 heavy (non-hydrogen) atoms. The van der Waals surface area contributed by atoms with Crippen LogP contribution in [-0.2, 0) is 14.3 Å². The number of carbonyl (C=O) groups excluding carboxylic acids is 1. The zero-order chi connectivity index (χ0) is 18.7. The van der Waals surface area contributed by atoms with Gasteiger partial charge in [0.25, 0.3) is 5.60 Å². The van der Waals surface area contributed by atoms with Crippen molar-refractivity contribution in [2.45, 2.75) is 70.8 Å². The second-order valence-corrected chi connectivity index (χ2v) is 8.43. The molecule has 0 saturated carbocycles. The summed E-state index contributed by atoms with van der Waals surface area (Å²) in [4.78, 5) is 23.8. The lowest BCUT2D eigenvalue weighted by Crippen LogP contribution is -2.43. The van der Waals surface area contributed by atoms with Crippen LogP contribution in [0.2, 0.25) is 0 Å². The Morgan fingerprint density at radius 3 is 2.20 bits per heavy atom. The van der Waals surface area contributed by atoms with Gasteiger partial charge in [-0.25, -0.2) is 9.59 Å². The van der Waals surface area contributed by atoms with Crippen molar-refractivity contribution >= 4 is 35.5 Å². The highest BCUT2D eigenvalue weighted by Crippen LogP contribution is 2.42. The van der Waals surface area contributed by atoms with Crippen LogP contribution < -0.4 is 0 Å². The normalized spacial score (nSPS) is 20.2. The fourth-order valence-electron chi connectivity index (χ4n) is 2.57. The van der Waals surface area contributed by atoms with E-state index < -0.39 is 23.3 Å². The van der Waals surface area contributed by atoms with Crippen molar-refractivity contribution in [2.24, 2.45) is 0 Å². The summed E-state index contributed by atoms with van der Waals surface area (Å²) in [6.07, 6.45) is 8.66. The molecule has 0 spiro atoms. The molecule has 0 aromatic rings. The lowest BCUT2D eigenvalue weighted by Gasteiger charge is -2.25. The summed E-state index contributed by atoms with van der Waals surface area (Å²) >= 11 is 2.71. The summed E-state index contributed by atoms with van der Waals surface area (Å²) in [5.41, 5.74) is -1.73.